The smallest absolute Gasteiger partial charge is 0.270 e. The van der Waals surface area contributed by atoms with Crippen molar-refractivity contribution in [3.8, 4) is 0 Å². The summed E-state index contributed by atoms with van der Waals surface area (Å²) in [5.41, 5.74) is 1.21. The van der Waals surface area contributed by atoms with E-state index in [0.717, 1.165) is 10.2 Å². The summed E-state index contributed by atoms with van der Waals surface area (Å²) in [5.74, 6) is -0.205. The third-order valence-corrected chi connectivity index (χ3v) is 2.63. The predicted molar refractivity (Wildman–Crippen MR) is 66.3 cm³/mol. The van der Waals surface area contributed by atoms with Crippen LogP contribution in [0.3, 0.4) is 0 Å². The van der Waals surface area contributed by atoms with Crippen LogP contribution in [-0.4, -0.2) is 20.7 Å². The van der Waals surface area contributed by atoms with Crippen molar-refractivity contribution in [2.45, 2.75) is 6.54 Å². The van der Waals surface area contributed by atoms with E-state index in [1.807, 2.05) is 19.3 Å². The van der Waals surface area contributed by atoms with Gasteiger partial charge in [0.05, 0.1) is 12.2 Å². The molecule has 2 aromatic heterocycles. The highest BCUT2D eigenvalue weighted by atomic mass is 79.9. The third kappa shape index (κ3) is 3.13. The fourth-order valence-electron chi connectivity index (χ4n) is 1.33. The molecular formula is C11H11BrN4O. The van der Waals surface area contributed by atoms with Crippen LogP contribution < -0.4 is 5.32 Å². The fraction of sp³-hybridized carbons (Fsp3) is 0.182. The Labute approximate surface area is 107 Å². The maximum absolute atomic E-state index is 11.7. The highest BCUT2D eigenvalue weighted by Gasteiger charge is 2.07. The van der Waals surface area contributed by atoms with Gasteiger partial charge >= 0.3 is 0 Å². The Morgan fingerprint density at radius 3 is 2.88 bits per heavy atom. The Morgan fingerprint density at radius 2 is 2.29 bits per heavy atom. The van der Waals surface area contributed by atoms with E-state index in [9.17, 15) is 4.79 Å². The number of nitrogens with one attached hydrogen (secondary N) is 1. The summed E-state index contributed by atoms with van der Waals surface area (Å²) in [6.07, 6.45) is 3.43. The van der Waals surface area contributed by atoms with Crippen LogP contribution in [0.5, 0.6) is 0 Å². The van der Waals surface area contributed by atoms with Crippen LogP contribution in [0.1, 0.15) is 16.2 Å². The number of nitrogens with zero attached hydrogens (tertiary/aromatic N) is 3. The predicted octanol–water partition coefficient (Wildman–Crippen LogP) is 1.51. The monoisotopic (exact) mass is 294 g/mol. The molecule has 0 fully saturated rings. The molecule has 0 radical (unpaired) electrons. The number of aryl methyl sites for hydroxylation is 1. The molecular weight excluding hydrogens is 284 g/mol. The number of hydrogen-bond donors (Lipinski definition) is 1. The number of aromatic nitrogens is 3. The zero-order chi connectivity index (χ0) is 12.3. The second-order valence-corrected chi connectivity index (χ2v) is 4.44. The molecule has 0 aliphatic carbocycles. The second kappa shape index (κ2) is 5.09. The van der Waals surface area contributed by atoms with E-state index in [4.69, 9.17) is 0 Å². The minimum atomic E-state index is -0.205. The van der Waals surface area contributed by atoms with Gasteiger partial charge in [-0.2, -0.15) is 5.10 Å². The molecule has 0 atom stereocenters. The average Bonchev–Trinajstić information content (AvgIpc) is 2.73. The van der Waals surface area contributed by atoms with Crippen molar-refractivity contribution in [2.75, 3.05) is 0 Å². The summed E-state index contributed by atoms with van der Waals surface area (Å²) in [4.78, 5) is 15.7. The molecule has 0 aliphatic rings. The van der Waals surface area contributed by atoms with Gasteiger partial charge in [0.2, 0.25) is 0 Å². The molecule has 5 nitrogen and oxygen atoms in total. The van der Waals surface area contributed by atoms with Crippen LogP contribution in [0.4, 0.5) is 0 Å². The molecule has 0 bridgehead atoms. The van der Waals surface area contributed by atoms with Crippen molar-refractivity contribution >= 4 is 21.8 Å². The molecule has 0 aromatic carbocycles. The maximum Gasteiger partial charge on any atom is 0.270 e. The molecule has 2 heterocycles. The maximum atomic E-state index is 11.7. The SMILES string of the molecule is Cn1ccc(CNC(=O)c2ccc(Br)cn2)n1. The Balaban J connectivity index is 1.95. The molecule has 0 aliphatic heterocycles. The molecule has 1 N–H and O–H groups in total. The van der Waals surface area contributed by atoms with Crippen LogP contribution in [0.2, 0.25) is 0 Å². The standard InChI is InChI=1S/C11H11BrN4O/c1-16-5-4-9(15-16)7-14-11(17)10-3-2-8(12)6-13-10/h2-6H,7H2,1H3,(H,14,17). The lowest BCUT2D eigenvalue weighted by Gasteiger charge is -2.02. The van der Waals surface area contributed by atoms with E-state index >= 15 is 0 Å². The van der Waals surface area contributed by atoms with Crippen LogP contribution in [0, 0.1) is 0 Å². The van der Waals surface area contributed by atoms with Crippen LogP contribution in [0.15, 0.2) is 35.1 Å². The summed E-state index contributed by atoms with van der Waals surface area (Å²) < 4.78 is 2.54. The van der Waals surface area contributed by atoms with E-state index in [2.05, 4.69) is 31.3 Å². The highest BCUT2D eigenvalue weighted by molar-refractivity contribution is 9.10. The number of amides is 1. The molecule has 2 rings (SSSR count). The Kier molecular flexibility index (Phi) is 3.53. The molecule has 2 aromatic rings. The van der Waals surface area contributed by atoms with E-state index in [1.54, 1.807) is 23.0 Å². The quantitative estimate of drug-likeness (QED) is 0.933. The molecule has 88 valence electrons. The summed E-state index contributed by atoms with van der Waals surface area (Å²) in [7, 11) is 1.83. The van der Waals surface area contributed by atoms with Crippen LogP contribution in [-0.2, 0) is 13.6 Å². The number of halogens is 1. The number of carbonyl (C=O) groups is 1. The van der Waals surface area contributed by atoms with E-state index in [0.29, 0.717) is 12.2 Å². The van der Waals surface area contributed by atoms with Crippen molar-refractivity contribution in [3.63, 3.8) is 0 Å². The van der Waals surface area contributed by atoms with Gasteiger partial charge in [-0.25, -0.2) is 4.98 Å². The van der Waals surface area contributed by atoms with Gasteiger partial charge in [0.25, 0.3) is 5.91 Å². The number of rotatable bonds is 3. The highest BCUT2D eigenvalue weighted by Crippen LogP contribution is 2.07. The molecule has 0 saturated carbocycles. The second-order valence-electron chi connectivity index (χ2n) is 3.53. The topological polar surface area (TPSA) is 59.8 Å². The van der Waals surface area contributed by atoms with Crippen molar-refractivity contribution in [1.29, 1.82) is 0 Å². The van der Waals surface area contributed by atoms with Crippen molar-refractivity contribution in [3.05, 3.63) is 46.5 Å². The van der Waals surface area contributed by atoms with Gasteiger partial charge in [-0.05, 0) is 34.1 Å². The number of pyridine rings is 1. The Morgan fingerprint density at radius 1 is 1.47 bits per heavy atom. The lowest BCUT2D eigenvalue weighted by atomic mass is 10.3. The Hall–Kier alpha value is -1.69. The third-order valence-electron chi connectivity index (χ3n) is 2.16. The minimum Gasteiger partial charge on any atom is -0.345 e. The Bertz CT molecular complexity index is 521. The van der Waals surface area contributed by atoms with E-state index in [-0.39, 0.29) is 5.91 Å². The average molecular weight is 295 g/mol. The normalized spacial score (nSPS) is 10.2. The first-order valence-electron chi connectivity index (χ1n) is 5.03. The molecule has 0 unspecified atom stereocenters. The summed E-state index contributed by atoms with van der Waals surface area (Å²) in [6.45, 7) is 0.400. The van der Waals surface area contributed by atoms with Crippen molar-refractivity contribution < 1.29 is 4.79 Å². The van der Waals surface area contributed by atoms with Crippen LogP contribution in [0.25, 0.3) is 0 Å². The van der Waals surface area contributed by atoms with E-state index < -0.39 is 0 Å². The summed E-state index contributed by atoms with van der Waals surface area (Å²) >= 11 is 3.27. The van der Waals surface area contributed by atoms with Crippen LogP contribution >= 0.6 is 15.9 Å². The van der Waals surface area contributed by atoms with Crippen molar-refractivity contribution in [1.82, 2.24) is 20.1 Å². The first kappa shape index (κ1) is 11.8. The lowest BCUT2D eigenvalue weighted by Crippen LogP contribution is -2.24. The number of carbonyl (C=O) groups excluding carboxylic acids is 1. The van der Waals surface area contributed by atoms with Crippen molar-refractivity contribution in [2.24, 2.45) is 7.05 Å². The van der Waals surface area contributed by atoms with Gasteiger partial charge in [0, 0.05) is 23.9 Å². The summed E-state index contributed by atoms with van der Waals surface area (Å²) in [5, 5.41) is 6.92. The van der Waals surface area contributed by atoms with Gasteiger partial charge in [-0.1, -0.05) is 0 Å². The van der Waals surface area contributed by atoms with Gasteiger partial charge < -0.3 is 5.32 Å². The zero-order valence-corrected chi connectivity index (χ0v) is 10.8. The number of hydrogen-bond acceptors (Lipinski definition) is 3. The first-order chi connectivity index (χ1) is 8.15. The molecule has 0 saturated heterocycles. The molecule has 1 amide bonds. The fourth-order valence-corrected chi connectivity index (χ4v) is 1.56. The summed E-state index contributed by atoms with van der Waals surface area (Å²) in [6, 6.07) is 5.30. The van der Waals surface area contributed by atoms with Gasteiger partial charge in [0.1, 0.15) is 5.69 Å². The van der Waals surface area contributed by atoms with Gasteiger partial charge in [-0.15, -0.1) is 0 Å². The van der Waals surface area contributed by atoms with E-state index in [1.165, 1.54) is 0 Å². The minimum absolute atomic E-state index is 0.205. The van der Waals surface area contributed by atoms with Gasteiger partial charge in [0.15, 0.2) is 0 Å². The molecule has 6 heteroatoms. The largest absolute Gasteiger partial charge is 0.345 e. The molecule has 17 heavy (non-hydrogen) atoms. The molecule has 0 spiro atoms. The van der Waals surface area contributed by atoms with Gasteiger partial charge in [-0.3, -0.25) is 9.48 Å². The lowest BCUT2D eigenvalue weighted by molar-refractivity contribution is 0.0945. The zero-order valence-electron chi connectivity index (χ0n) is 9.22. The first-order valence-corrected chi connectivity index (χ1v) is 5.83.